The molecule has 0 aliphatic rings. The Kier molecular flexibility index (Phi) is 3.19. The molecule has 0 amide bonds. The molecule has 0 unspecified atom stereocenters. The zero-order valence-electron chi connectivity index (χ0n) is 12.6. The normalized spacial score (nSPS) is 17.8. The lowest BCUT2D eigenvalue weighted by Crippen LogP contribution is -2.14. The Morgan fingerprint density at radius 1 is 1.44 bits per heavy atom. The lowest BCUT2D eigenvalue weighted by molar-refractivity contribution is 0.314. The average molecular weight is 217 g/mol. The molecule has 0 aromatic heterocycles. The summed E-state index contributed by atoms with van der Waals surface area (Å²) in [4.78, 5) is 0. The third kappa shape index (κ3) is 3.69. The first kappa shape index (κ1) is 9.89. The SMILES string of the molecule is [2H]C([3H])=C(/C=C\[C@H](C)C(C)(C)C)c1ccccc1. The quantitative estimate of drug-likeness (QED) is 0.629. The van der Waals surface area contributed by atoms with Gasteiger partial charge in [-0.1, -0.05) is 76.7 Å². The van der Waals surface area contributed by atoms with E-state index in [1.807, 2.05) is 36.4 Å². The predicted molar refractivity (Wildman–Crippen MR) is 73.2 cm³/mol. The molecule has 0 N–H and O–H groups in total. The Labute approximate surface area is 103 Å². The third-order valence-corrected chi connectivity index (χ3v) is 3.00. The molecule has 1 aromatic carbocycles. The lowest BCUT2D eigenvalue weighted by Gasteiger charge is -2.24. The van der Waals surface area contributed by atoms with Crippen LogP contribution >= 0.6 is 0 Å². The zero-order chi connectivity index (χ0) is 13.8. The number of allylic oxidation sites excluding steroid dienone is 3. The molecule has 0 saturated heterocycles. The van der Waals surface area contributed by atoms with Crippen molar-refractivity contribution in [3.8, 4) is 0 Å². The van der Waals surface area contributed by atoms with Crippen LogP contribution in [0.3, 0.4) is 0 Å². The van der Waals surface area contributed by atoms with Crippen LogP contribution in [0.15, 0.2) is 49.0 Å². The van der Waals surface area contributed by atoms with Gasteiger partial charge in [0.15, 0.2) is 0 Å². The first-order valence-electron chi connectivity index (χ1n) is 6.73. The van der Waals surface area contributed by atoms with Crippen LogP contribution in [0, 0.1) is 11.3 Å². The Morgan fingerprint density at radius 3 is 2.56 bits per heavy atom. The van der Waals surface area contributed by atoms with E-state index >= 15 is 0 Å². The fourth-order valence-corrected chi connectivity index (χ4v) is 1.24. The molecule has 0 heterocycles. The van der Waals surface area contributed by atoms with E-state index in [1.165, 1.54) is 0 Å². The van der Waals surface area contributed by atoms with Gasteiger partial charge in [0.05, 0.1) is 2.74 Å². The molecule has 0 saturated carbocycles. The van der Waals surface area contributed by atoms with Crippen LogP contribution in [-0.4, -0.2) is 0 Å². The van der Waals surface area contributed by atoms with Gasteiger partial charge in [0, 0.05) is 0 Å². The Hall–Kier alpha value is -1.30. The highest BCUT2D eigenvalue weighted by Crippen LogP contribution is 2.27. The number of hydrogen-bond donors (Lipinski definition) is 0. The average Bonchev–Trinajstić information content (AvgIpc) is 2.28. The lowest BCUT2D eigenvalue weighted by atomic mass is 9.81. The van der Waals surface area contributed by atoms with Gasteiger partial charge in [-0.15, -0.1) is 0 Å². The second kappa shape index (κ2) is 5.16. The Bertz CT molecular complexity index is 432. The Balaban J connectivity index is 2.99. The largest absolute Gasteiger partial charge is 0.0912 e. The summed E-state index contributed by atoms with van der Waals surface area (Å²) in [5.74, 6) is 0.399. The molecule has 0 nitrogen and oxygen atoms in total. The van der Waals surface area contributed by atoms with Gasteiger partial charge >= 0.3 is 0 Å². The van der Waals surface area contributed by atoms with Crippen molar-refractivity contribution in [2.24, 2.45) is 11.3 Å². The molecule has 0 radical (unpaired) electrons. The molecule has 0 fully saturated rings. The smallest absolute Gasteiger partial charge is 0.0544 e. The topological polar surface area (TPSA) is 0 Å². The van der Waals surface area contributed by atoms with E-state index < -0.39 is 0 Å². The van der Waals surface area contributed by atoms with E-state index in [0.29, 0.717) is 11.5 Å². The molecule has 0 spiro atoms. The van der Waals surface area contributed by atoms with Crippen molar-refractivity contribution in [2.75, 3.05) is 0 Å². The van der Waals surface area contributed by atoms with Crippen molar-refractivity contribution in [2.45, 2.75) is 27.7 Å². The summed E-state index contributed by atoms with van der Waals surface area (Å²) in [7, 11) is 0. The van der Waals surface area contributed by atoms with E-state index in [9.17, 15) is 0 Å². The predicted octanol–water partition coefficient (Wildman–Crippen LogP) is 4.94. The number of hydrogen-bond acceptors (Lipinski definition) is 0. The van der Waals surface area contributed by atoms with Crippen molar-refractivity contribution in [3.05, 3.63) is 54.6 Å². The molecule has 16 heavy (non-hydrogen) atoms. The van der Waals surface area contributed by atoms with Crippen molar-refractivity contribution in [3.63, 3.8) is 0 Å². The van der Waals surface area contributed by atoms with Crippen LogP contribution in [-0.2, 0) is 0 Å². The second-order valence-corrected chi connectivity index (χ2v) is 5.29. The molecule has 1 aromatic rings. The van der Waals surface area contributed by atoms with E-state index in [1.54, 1.807) is 0 Å². The number of benzene rings is 1. The van der Waals surface area contributed by atoms with Crippen LogP contribution in [0.1, 0.15) is 36.0 Å². The molecule has 0 aliphatic carbocycles. The zero-order valence-corrected chi connectivity index (χ0v) is 10.6. The molecular weight excluding hydrogens is 192 g/mol. The summed E-state index contributed by atoms with van der Waals surface area (Å²) >= 11 is 0. The van der Waals surface area contributed by atoms with E-state index in [2.05, 4.69) is 33.8 Å². The minimum Gasteiger partial charge on any atom is -0.0912 e. The summed E-state index contributed by atoms with van der Waals surface area (Å²) in [6.07, 6.45) is 3.99. The Morgan fingerprint density at radius 2 is 2.06 bits per heavy atom. The van der Waals surface area contributed by atoms with Gasteiger partial charge in [0.2, 0.25) is 0 Å². The van der Waals surface area contributed by atoms with Gasteiger partial charge < -0.3 is 0 Å². The van der Waals surface area contributed by atoms with Crippen molar-refractivity contribution in [1.29, 1.82) is 0 Å². The summed E-state index contributed by atoms with van der Waals surface area (Å²) in [5, 5.41) is 0. The minimum absolute atomic E-state index is 0.140. The maximum Gasteiger partial charge on any atom is 0.0544 e. The number of rotatable bonds is 3. The summed E-state index contributed by atoms with van der Waals surface area (Å²) in [6, 6.07) is 9.67. The molecule has 0 bridgehead atoms. The van der Waals surface area contributed by atoms with Crippen LogP contribution < -0.4 is 0 Å². The van der Waals surface area contributed by atoms with Crippen LogP contribution in [0.5, 0.6) is 0 Å². The molecule has 1 atom stereocenters. The first-order valence-corrected chi connectivity index (χ1v) is 5.73. The maximum atomic E-state index is 7.57. The van der Waals surface area contributed by atoms with E-state index in [4.69, 9.17) is 2.74 Å². The molecular formula is C16H22. The van der Waals surface area contributed by atoms with Crippen molar-refractivity contribution < 1.29 is 2.74 Å². The van der Waals surface area contributed by atoms with Crippen LogP contribution in [0.25, 0.3) is 5.57 Å². The highest BCUT2D eigenvalue weighted by Gasteiger charge is 2.16. The molecule has 0 aliphatic heterocycles. The fraction of sp³-hybridized carbons (Fsp3) is 0.375. The van der Waals surface area contributed by atoms with Crippen LogP contribution in [0.4, 0.5) is 0 Å². The second-order valence-electron chi connectivity index (χ2n) is 5.29. The van der Waals surface area contributed by atoms with Crippen molar-refractivity contribution in [1.82, 2.24) is 0 Å². The van der Waals surface area contributed by atoms with E-state index in [0.717, 1.165) is 5.56 Å². The highest BCUT2D eigenvalue weighted by molar-refractivity contribution is 5.71. The van der Waals surface area contributed by atoms with Gasteiger partial charge in [0.25, 0.3) is 0 Å². The van der Waals surface area contributed by atoms with Gasteiger partial charge in [0.1, 0.15) is 0 Å². The van der Waals surface area contributed by atoms with E-state index in [-0.39, 0.29) is 11.9 Å². The van der Waals surface area contributed by atoms with Gasteiger partial charge in [-0.3, -0.25) is 0 Å². The molecule has 0 heteroatoms. The standard InChI is InChI=1S/C16H22/c1-13(15-9-7-6-8-10-15)11-12-14(2)16(3,4)5/h6-12,14H,1H2,2-5H3/b12-11-/t14-/m0/s1/i1TD/b12-11-,13-1?. The summed E-state index contributed by atoms with van der Waals surface area (Å²) in [6.45, 7) is 8.59. The summed E-state index contributed by atoms with van der Waals surface area (Å²) < 4.78 is 15.1. The fourth-order valence-electron chi connectivity index (χ4n) is 1.24. The molecule has 86 valence electrons. The van der Waals surface area contributed by atoms with Crippen molar-refractivity contribution >= 4 is 5.57 Å². The molecule has 1 rings (SSSR count). The highest BCUT2D eigenvalue weighted by atomic mass is 14.2. The maximum absolute atomic E-state index is 7.57. The third-order valence-electron chi connectivity index (χ3n) is 3.00. The first-order chi connectivity index (χ1) is 8.32. The van der Waals surface area contributed by atoms with Gasteiger partial charge in [-0.05, 0) is 22.5 Å². The minimum atomic E-state index is -0.140. The monoisotopic (exact) mass is 217 g/mol. The van der Waals surface area contributed by atoms with Gasteiger partial charge in [-0.25, -0.2) is 0 Å². The van der Waals surface area contributed by atoms with Crippen LogP contribution in [0.2, 0.25) is 0 Å². The van der Waals surface area contributed by atoms with Gasteiger partial charge in [-0.2, -0.15) is 0 Å². The summed E-state index contributed by atoms with van der Waals surface area (Å²) in [5.41, 5.74) is 1.80.